The van der Waals surface area contributed by atoms with E-state index in [4.69, 9.17) is 9.84 Å². The number of aliphatic hydroxyl groups is 4. The number of ether oxygens (including phenoxy) is 1. The van der Waals surface area contributed by atoms with E-state index in [9.17, 15) is 15.3 Å². The van der Waals surface area contributed by atoms with Gasteiger partial charge in [-0.05, 0) is 12.2 Å². The Morgan fingerprint density at radius 2 is 1.86 bits per heavy atom. The van der Waals surface area contributed by atoms with Crippen LogP contribution in [0.4, 0.5) is 0 Å². The maximum atomic E-state index is 9.36. The minimum absolute atomic E-state index is 0.478. The van der Waals surface area contributed by atoms with Gasteiger partial charge in [0.15, 0.2) is 6.23 Å². The van der Waals surface area contributed by atoms with Crippen LogP contribution in [-0.4, -0.2) is 62.8 Å². The molecule has 0 aromatic heterocycles. The molecule has 14 heavy (non-hydrogen) atoms. The van der Waals surface area contributed by atoms with Crippen molar-refractivity contribution in [3.63, 3.8) is 0 Å². The van der Waals surface area contributed by atoms with Gasteiger partial charge in [0.2, 0.25) is 0 Å². The second kappa shape index (κ2) is 4.90. The summed E-state index contributed by atoms with van der Waals surface area (Å²) in [5.74, 6) is 0. The summed E-state index contributed by atoms with van der Waals surface area (Å²) in [6.45, 7) is -0.478. The number of hydrogen-bond donors (Lipinski definition) is 4. The molecule has 1 aliphatic heterocycles. The number of hydrogen-bond acceptors (Lipinski definition) is 7. The molecule has 1 aliphatic rings. The quantitative estimate of drug-likeness (QED) is 0.314. The smallest absolute Gasteiger partial charge is 0.186 e. The minimum Gasteiger partial charge on any atom is -0.394 e. The zero-order valence-corrected chi connectivity index (χ0v) is 7.96. The number of isothiocyanates is 1. The van der Waals surface area contributed by atoms with Crippen LogP contribution in [0.2, 0.25) is 0 Å². The van der Waals surface area contributed by atoms with E-state index in [0.717, 1.165) is 0 Å². The van der Waals surface area contributed by atoms with Crippen molar-refractivity contribution in [2.45, 2.75) is 30.6 Å². The van der Waals surface area contributed by atoms with Gasteiger partial charge in [-0.3, -0.25) is 0 Å². The van der Waals surface area contributed by atoms with Crippen LogP contribution in [0.25, 0.3) is 0 Å². The number of nitrogens with zero attached hydrogens (tertiary/aromatic N) is 1. The van der Waals surface area contributed by atoms with E-state index >= 15 is 0 Å². The SMILES string of the molecule is OC[C@H]1O[C@H](N=C=S)[C@@H](O)[C@@H](O)[C@@H]1O. The third-order valence-corrected chi connectivity index (χ3v) is 2.15. The maximum absolute atomic E-state index is 9.36. The first-order chi connectivity index (χ1) is 6.61. The molecule has 0 aromatic rings. The van der Waals surface area contributed by atoms with Gasteiger partial charge in [-0.15, -0.1) is 0 Å². The Labute approximate surface area is 85.5 Å². The van der Waals surface area contributed by atoms with Gasteiger partial charge in [-0.2, -0.15) is 4.99 Å². The molecule has 1 saturated heterocycles. The molecule has 0 aliphatic carbocycles. The Morgan fingerprint density at radius 1 is 1.21 bits per heavy atom. The van der Waals surface area contributed by atoms with Crippen molar-refractivity contribution in [2.24, 2.45) is 4.99 Å². The van der Waals surface area contributed by atoms with Gasteiger partial charge in [0.25, 0.3) is 0 Å². The van der Waals surface area contributed by atoms with E-state index in [1.165, 1.54) is 0 Å². The molecule has 7 heteroatoms. The minimum atomic E-state index is -1.42. The highest BCUT2D eigenvalue weighted by Gasteiger charge is 2.43. The number of rotatable bonds is 2. The van der Waals surface area contributed by atoms with Gasteiger partial charge in [0.1, 0.15) is 24.4 Å². The van der Waals surface area contributed by atoms with E-state index < -0.39 is 37.3 Å². The summed E-state index contributed by atoms with van der Waals surface area (Å²) in [5.41, 5.74) is 0. The average Bonchev–Trinajstić information content (AvgIpc) is 2.19. The molecule has 1 rings (SSSR count). The molecule has 0 radical (unpaired) electrons. The summed E-state index contributed by atoms with van der Waals surface area (Å²) in [6, 6.07) is 0. The van der Waals surface area contributed by atoms with Crippen molar-refractivity contribution in [3.05, 3.63) is 0 Å². The first-order valence-electron chi connectivity index (χ1n) is 3.99. The average molecular weight is 221 g/mol. The molecule has 1 heterocycles. The molecular formula is C7H11NO5S. The summed E-state index contributed by atoms with van der Waals surface area (Å²) < 4.78 is 4.97. The molecule has 1 fully saturated rings. The second-order valence-electron chi connectivity index (χ2n) is 2.94. The molecule has 0 unspecified atom stereocenters. The summed E-state index contributed by atoms with van der Waals surface area (Å²) in [7, 11) is 0. The van der Waals surface area contributed by atoms with Crippen LogP contribution >= 0.6 is 12.2 Å². The molecule has 0 saturated carbocycles. The first-order valence-corrected chi connectivity index (χ1v) is 4.40. The molecule has 4 N–H and O–H groups in total. The summed E-state index contributed by atoms with van der Waals surface area (Å²) in [6.07, 6.45) is -6.21. The van der Waals surface area contributed by atoms with E-state index in [1.54, 1.807) is 0 Å². The first kappa shape index (κ1) is 11.7. The predicted molar refractivity (Wildman–Crippen MR) is 48.8 cm³/mol. The Hall–Kier alpha value is -0.400. The molecule has 5 atom stereocenters. The lowest BCUT2D eigenvalue weighted by Crippen LogP contribution is -2.57. The van der Waals surface area contributed by atoms with Gasteiger partial charge in [-0.1, -0.05) is 0 Å². The summed E-state index contributed by atoms with van der Waals surface area (Å²) >= 11 is 4.31. The topological polar surface area (TPSA) is 103 Å². The number of thiocarbonyl (C=S) groups is 1. The van der Waals surface area contributed by atoms with Crippen LogP contribution in [0.15, 0.2) is 4.99 Å². The van der Waals surface area contributed by atoms with Crippen molar-refractivity contribution >= 4 is 17.4 Å². The summed E-state index contributed by atoms with van der Waals surface area (Å²) in [4.78, 5) is 3.46. The van der Waals surface area contributed by atoms with Crippen molar-refractivity contribution in [1.82, 2.24) is 0 Å². The normalized spacial score (nSPS) is 43.0. The van der Waals surface area contributed by atoms with Crippen molar-refractivity contribution in [1.29, 1.82) is 0 Å². The number of aliphatic hydroxyl groups excluding tert-OH is 4. The lowest BCUT2D eigenvalue weighted by atomic mass is 9.99. The van der Waals surface area contributed by atoms with Crippen LogP contribution in [0, 0.1) is 0 Å². The molecular weight excluding hydrogens is 210 g/mol. The monoisotopic (exact) mass is 221 g/mol. The molecule has 0 aromatic carbocycles. The van der Waals surface area contributed by atoms with E-state index in [-0.39, 0.29) is 0 Å². The predicted octanol–water partition coefficient (Wildman–Crippen LogP) is -2.11. The molecule has 6 nitrogen and oxygen atoms in total. The van der Waals surface area contributed by atoms with E-state index in [1.807, 2.05) is 5.16 Å². The Balaban J connectivity index is 2.77. The molecule has 0 bridgehead atoms. The van der Waals surface area contributed by atoms with Crippen LogP contribution in [0.1, 0.15) is 0 Å². The van der Waals surface area contributed by atoms with E-state index in [2.05, 4.69) is 17.2 Å². The highest BCUT2D eigenvalue weighted by atomic mass is 32.1. The van der Waals surface area contributed by atoms with Crippen molar-refractivity contribution in [3.8, 4) is 0 Å². The van der Waals surface area contributed by atoms with Gasteiger partial charge >= 0.3 is 0 Å². The van der Waals surface area contributed by atoms with Crippen molar-refractivity contribution in [2.75, 3.05) is 6.61 Å². The fourth-order valence-electron chi connectivity index (χ4n) is 1.24. The van der Waals surface area contributed by atoms with E-state index in [0.29, 0.717) is 0 Å². The van der Waals surface area contributed by atoms with Crippen molar-refractivity contribution < 1.29 is 25.2 Å². The highest BCUT2D eigenvalue weighted by Crippen LogP contribution is 2.21. The second-order valence-corrected chi connectivity index (χ2v) is 3.12. The van der Waals surface area contributed by atoms with Crippen LogP contribution < -0.4 is 0 Å². The lowest BCUT2D eigenvalue weighted by Gasteiger charge is -2.37. The highest BCUT2D eigenvalue weighted by molar-refractivity contribution is 7.78. The fraction of sp³-hybridized carbons (Fsp3) is 0.857. The van der Waals surface area contributed by atoms with Crippen LogP contribution in [-0.2, 0) is 4.74 Å². The zero-order chi connectivity index (χ0) is 10.7. The maximum Gasteiger partial charge on any atom is 0.186 e. The van der Waals surface area contributed by atoms with Gasteiger partial charge in [0, 0.05) is 0 Å². The Kier molecular flexibility index (Phi) is 4.09. The molecule has 0 amide bonds. The Bertz CT molecular complexity index is 242. The van der Waals surface area contributed by atoms with Gasteiger partial charge in [0.05, 0.1) is 11.8 Å². The summed E-state index contributed by atoms with van der Waals surface area (Å²) in [5, 5.41) is 38.8. The molecule has 0 spiro atoms. The fourth-order valence-corrected chi connectivity index (χ4v) is 1.34. The number of aliphatic imine (C=N–C) groups is 1. The standard InChI is InChI=1S/C7H11NO5S/c9-1-3-4(10)5(11)6(12)7(13-3)8-2-14/h3-7,9-12H,1H2/t3-,4-,5+,6+,7+/m1/s1. The Morgan fingerprint density at radius 3 is 2.36 bits per heavy atom. The van der Waals surface area contributed by atoms with Crippen LogP contribution in [0.3, 0.4) is 0 Å². The van der Waals surface area contributed by atoms with Gasteiger partial charge in [-0.25, -0.2) is 0 Å². The van der Waals surface area contributed by atoms with Gasteiger partial charge < -0.3 is 25.2 Å². The molecule has 80 valence electrons. The largest absolute Gasteiger partial charge is 0.394 e. The zero-order valence-electron chi connectivity index (χ0n) is 7.15. The third kappa shape index (κ3) is 2.15. The third-order valence-electron chi connectivity index (χ3n) is 2.05. The van der Waals surface area contributed by atoms with Crippen LogP contribution in [0.5, 0.6) is 0 Å². The lowest BCUT2D eigenvalue weighted by molar-refractivity contribution is -0.226.